The fraction of sp³-hybridized carbons (Fsp3) is 0.316. The number of halogens is 1. The van der Waals surface area contributed by atoms with Gasteiger partial charge in [-0.1, -0.05) is 54.1 Å². The summed E-state index contributed by atoms with van der Waals surface area (Å²) in [5.41, 5.74) is 7.98. The van der Waals surface area contributed by atoms with Crippen molar-refractivity contribution in [2.24, 2.45) is 5.92 Å². The molecule has 1 unspecified atom stereocenters. The van der Waals surface area contributed by atoms with E-state index < -0.39 is 0 Å². The first kappa shape index (κ1) is 16.7. The molecule has 0 bridgehead atoms. The van der Waals surface area contributed by atoms with Gasteiger partial charge < -0.3 is 19.8 Å². The minimum Gasteiger partial charge on any atom is -0.368 e. The lowest BCUT2D eigenvalue weighted by atomic mass is 9.89. The van der Waals surface area contributed by atoms with Crippen molar-refractivity contribution in [1.82, 2.24) is 19.5 Å². The second-order valence-electron chi connectivity index (χ2n) is 6.80. The maximum Gasteiger partial charge on any atom is 0.223 e. The first-order valence-corrected chi connectivity index (χ1v) is 9.23. The van der Waals surface area contributed by atoms with Crippen LogP contribution in [0.2, 0.25) is 5.15 Å². The molecule has 1 aromatic carbocycles. The Morgan fingerprint density at radius 3 is 2.85 bits per heavy atom. The first-order valence-electron chi connectivity index (χ1n) is 8.85. The van der Waals surface area contributed by atoms with Crippen molar-refractivity contribution in [2.75, 3.05) is 12.3 Å². The van der Waals surface area contributed by atoms with Gasteiger partial charge in [0.1, 0.15) is 5.52 Å². The number of anilines is 1. The number of allylic oxidation sites excluding steroid dienone is 1. The summed E-state index contributed by atoms with van der Waals surface area (Å²) in [6, 6.07) is 10.1. The Balaban J connectivity index is 1.42. The molecule has 0 saturated carbocycles. The molecule has 3 aromatic rings. The summed E-state index contributed by atoms with van der Waals surface area (Å²) in [6.45, 7) is 0.638. The molecular formula is C19H18ClN5O2. The van der Waals surface area contributed by atoms with Crippen LogP contribution in [0.1, 0.15) is 24.3 Å². The molecule has 2 aliphatic rings. The van der Waals surface area contributed by atoms with Gasteiger partial charge in [-0.2, -0.15) is 9.97 Å². The number of ether oxygens (including phenoxy) is 2. The van der Waals surface area contributed by atoms with E-state index in [1.54, 1.807) is 6.33 Å². The highest BCUT2D eigenvalue weighted by Gasteiger charge is 2.36. The van der Waals surface area contributed by atoms with Crippen LogP contribution in [0.5, 0.6) is 0 Å². The Hall–Kier alpha value is -2.48. The van der Waals surface area contributed by atoms with E-state index in [1.165, 1.54) is 0 Å². The number of nitrogen functional groups attached to an aromatic ring is 1. The Kier molecular flexibility index (Phi) is 4.07. The minimum atomic E-state index is -0.341. The molecule has 8 heteroatoms. The van der Waals surface area contributed by atoms with Crippen molar-refractivity contribution in [3.05, 3.63) is 59.5 Å². The van der Waals surface area contributed by atoms with Crippen molar-refractivity contribution in [2.45, 2.75) is 24.9 Å². The van der Waals surface area contributed by atoms with E-state index >= 15 is 0 Å². The number of hydrogen-bond acceptors (Lipinski definition) is 6. The van der Waals surface area contributed by atoms with Crippen LogP contribution >= 0.6 is 11.6 Å². The van der Waals surface area contributed by atoms with Crippen molar-refractivity contribution in [3.63, 3.8) is 0 Å². The Labute approximate surface area is 160 Å². The molecule has 1 aliphatic carbocycles. The zero-order valence-electron chi connectivity index (χ0n) is 14.4. The van der Waals surface area contributed by atoms with Gasteiger partial charge >= 0.3 is 0 Å². The molecule has 0 spiro atoms. The Bertz CT molecular complexity index is 1010. The van der Waals surface area contributed by atoms with E-state index in [4.69, 9.17) is 26.8 Å². The topological polar surface area (TPSA) is 88.1 Å². The van der Waals surface area contributed by atoms with Gasteiger partial charge in [-0.05, 0) is 6.42 Å². The zero-order chi connectivity index (χ0) is 18.4. The molecule has 2 N–H and O–H groups in total. The third-order valence-electron chi connectivity index (χ3n) is 5.10. The highest BCUT2D eigenvalue weighted by Crippen LogP contribution is 2.38. The van der Waals surface area contributed by atoms with Crippen molar-refractivity contribution in [1.29, 1.82) is 0 Å². The van der Waals surface area contributed by atoms with E-state index in [0.717, 1.165) is 12.0 Å². The lowest BCUT2D eigenvalue weighted by molar-refractivity contribution is -0.237. The lowest BCUT2D eigenvalue weighted by Gasteiger charge is -2.39. The van der Waals surface area contributed by atoms with E-state index in [9.17, 15) is 0 Å². The maximum atomic E-state index is 6.27. The van der Waals surface area contributed by atoms with Crippen LogP contribution in [0, 0.1) is 5.92 Å². The fourth-order valence-corrected chi connectivity index (χ4v) is 3.95. The van der Waals surface area contributed by atoms with Crippen LogP contribution in [0.25, 0.3) is 11.2 Å². The molecule has 1 aliphatic heterocycles. The Morgan fingerprint density at radius 2 is 2.00 bits per heavy atom. The Morgan fingerprint density at radius 1 is 1.15 bits per heavy atom. The summed E-state index contributed by atoms with van der Waals surface area (Å²) < 4.78 is 14.2. The molecule has 5 rings (SSSR count). The van der Waals surface area contributed by atoms with Crippen LogP contribution in [0.15, 0.2) is 48.8 Å². The predicted octanol–water partition coefficient (Wildman–Crippen LogP) is 3.29. The van der Waals surface area contributed by atoms with Crippen LogP contribution in [0.4, 0.5) is 5.95 Å². The number of rotatable bonds is 2. The molecule has 4 atom stereocenters. The van der Waals surface area contributed by atoms with Gasteiger partial charge in [0.2, 0.25) is 5.95 Å². The molecule has 138 valence electrons. The molecule has 2 aromatic heterocycles. The number of aromatic nitrogens is 4. The number of benzene rings is 1. The predicted molar refractivity (Wildman–Crippen MR) is 101 cm³/mol. The summed E-state index contributed by atoms with van der Waals surface area (Å²) in [4.78, 5) is 12.6. The molecule has 0 radical (unpaired) electrons. The van der Waals surface area contributed by atoms with Crippen LogP contribution < -0.4 is 5.73 Å². The third-order valence-corrected chi connectivity index (χ3v) is 5.36. The van der Waals surface area contributed by atoms with Crippen LogP contribution in [-0.4, -0.2) is 32.2 Å². The molecule has 27 heavy (non-hydrogen) atoms. The summed E-state index contributed by atoms with van der Waals surface area (Å²) in [5.74, 6) is 0.373. The second-order valence-corrected chi connectivity index (χ2v) is 7.16. The third kappa shape index (κ3) is 2.97. The average Bonchev–Trinajstić information content (AvgIpc) is 3.12. The van der Waals surface area contributed by atoms with Gasteiger partial charge in [0.05, 0.1) is 25.1 Å². The van der Waals surface area contributed by atoms with Crippen LogP contribution in [0.3, 0.4) is 0 Å². The number of nitrogens with two attached hydrogens (primary N) is 1. The molecule has 1 fully saturated rings. The standard InChI is InChI=1S/C19H18ClN5O2/c20-16-15-17(24-19(21)23-16)25(10-22-15)13-7-6-12-9-26-18(27-14(12)8-13)11-4-2-1-3-5-11/h1-7,10,12-14,18H,8-9H2,(H2,21,23,24)/t12-,13-,14+,18?/m1/s1. The van der Waals surface area contributed by atoms with E-state index in [2.05, 4.69) is 27.1 Å². The summed E-state index contributed by atoms with van der Waals surface area (Å²) in [5, 5.41) is 0.264. The van der Waals surface area contributed by atoms with Crippen molar-refractivity contribution >= 4 is 28.7 Å². The monoisotopic (exact) mass is 383 g/mol. The van der Waals surface area contributed by atoms with Gasteiger partial charge in [-0.15, -0.1) is 0 Å². The van der Waals surface area contributed by atoms with Gasteiger partial charge in [0.25, 0.3) is 0 Å². The first-order chi connectivity index (χ1) is 13.2. The quantitative estimate of drug-likeness (QED) is 0.539. The molecule has 0 amide bonds. The number of nitrogens with zero attached hydrogens (tertiary/aromatic N) is 4. The zero-order valence-corrected chi connectivity index (χ0v) is 15.2. The summed E-state index contributed by atoms with van der Waals surface area (Å²) in [6.07, 6.45) is 6.52. The number of hydrogen-bond donors (Lipinski definition) is 1. The minimum absolute atomic E-state index is 0.0473. The van der Waals surface area contributed by atoms with Crippen molar-refractivity contribution < 1.29 is 9.47 Å². The molecular weight excluding hydrogens is 366 g/mol. The highest BCUT2D eigenvalue weighted by atomic mass is 35.5. The molecule has 1 saturated heterocycles. The second kappa shape index (κ2) is 6.60. The SMILES string of the molecule is Nc1nc(Cl)c2ncn([C@@H]3C=C[C@@H]4COC(c5ccccc5)O[C@H]4C3)c2n1. The molecule has 7 nitrogen and oxygen atoms in total. The molecule has 3 heterocycles. The summed E-state index contributed by atoms with van der Waals surface area (Å²) >= 11 is 6.15. The maximum absolute atomic E-state index is 6.27. The lowest BCUT2D eigenvalue weighted by Crippen LogP contribution is -2.38. The smallest absolute Gasteiger partial charge is 0.223 e. The normalized spacial score (nSPS) is 27.6. The van der Waals surface area contributed by atoms with E-state index in [1.807, 2.05) is 34.9 Å². The van der Waals surface area contributed by atoms with Gasteiger partial charge in [0, 0.05) is 11.5 Å². The van der Waals surface area contributed by atoms with Gasteiger partial charge in [0.15, 0.2) is 17.1 Å². The fourth-order valence-electron chi connectivity index (χ4n) is 3.73. The van der Waals surface area contributed by atoms with E-state index in [0.29, 0.717) is 17.8 Å². The largest absolute Gasteiger partial charge is 0.368 e. The van der Waals surface area contributed by atoms with Gasteiger partial charge in [-0.25, -0.2) is 4.98 Å². The summed E-state index contributed by atoms with van der Waals surface area (Å²) in [7, 11) is 0. The number of fused-ring (bicyclic) bond motifs is 2. The number of imidazole rings is 1. The average molecular weight is 384 g/mol. The highest BCUT2D eigenvalue weighted by molar-refractivity contribution is 6.33. The van der Waals surface area contributed by atoms with Crippen molar-refractivity contribution in [3.8, 4) is 0 Å². The van der Waals surface area contributed by atoms with Crippen LogP contribution in [-0.2, 0) is 9.47 Å². The van der Waals surface area contributed by atoms with E-state index in [-0.39, 0.29) is 35.5 Å². The van der Waals surface area contributed by atoms with Gasteiger partial charge in [-0.3, -0.25) is 0 Å².